The molecule has 2 aromatic rings. The Morgan fingerprint density at radius 2 is 2.29 bits per heavy atom. The van der Waals surface area contributed by atoms with Gasteiger partial charge in [0.15, 0.2) is 0 Å². The zero-order chi connectivity index (χ0) is 13.2. The molecule has 1 aliphatic heterocycles. The van der Waals surface area contributed by atoms with E-state index in [4.69, 9.17) is 0 Å². The summed E-state index contributed by atoms with van der Waals surface area (Å²) in [7, 11) is 1.96. The highest BCUT2D eigenvalue weighted by Gasteiger charge is 2.26. The third-order valence-corrected chi connectivity index (χ3v) is 4.44. The van der Waals surface area contributed by atoms with Crippen LogP contribution in [0.5, 0.6) is 0 Å². The van der Waals surface area contributed by atoms with Crippen LogP contribution >= 0.6 is 36.2 Å². The summed E-state index contributed by atoms with van der Waals surface area (Å²) in [5, 5.41) is 3.19. The Labute approximate surface area is 140 Å². The van der Waals surface area contributed by atoms with E-state index in [1.807, 2.05) is 35.7 Å². The third-order valence-electron chi connectivity index (χ3n) is 3.64. The molecule has 1 atom stereocenters. The second-order valence-electron chi connectivity index (χ2n) is 5.00. The summed E-state index contributed by atoms with van der Waals surface area (Å²) in [6.07, 6.45) is 1.09. The Morgan fingerprint density at radius 1 is 1.48 bits per heavy atom. The molecule has 116 valence electrons. The SMILES string of the molecule is CNCC1CCN(C(=O)c2ccc3ncsc3c2)C1.Cl.Cl. The van der Waals surface area contributed by atoms with Crippen LogP contribution < -0.4 is 5.32 Å². The first-order valence-corrected chi connectivity index (χ1v) is 7.43. The minimum atomic E-state index is 0. The van der Waals surface area contributed by atoms with Crippen molar-refractivity contribution in [3.63, 3.8) is 0 Å². The van der Waals surface area contributed by atoms with Crippen LogP contribution in [0.1, 0.15) is 16.8 Å². The van der Waals surface area contributed by atoms with Crippen molar-refractivity contribution in [1.29, 1.82) is 0 Å². The van der Waals surface area contributed by atoms with E-state index >= 15 is 0 Å². The molecule has 2 heterocycles. The second kappa shape index (κ2) is 7.94. The number of halogens is 2. The summed E-state index contributed by atoms with van der Waals surface area (Å²) < 4.78 is 1.08. The quantitative estimate of drug-likeness (QED) is 0.928. The molecule has 1 fully saturated rings. The summed E-state index contributed by atoms with van der Waals surface area (Å²) in [4.78, 5) is 18.7. The molecule has 4 nitrogen and oxygen atoms in total. The molecule has 1 aromatic carbocycles. The van der Waals surface area contributed by atoms with Crippen LogP contribution in [0.2, 0.25) is 0 Å². The lowest BCUT2D eigenvalue weighted by Crippen LogP contribution is -2.30. The Hall–Kier alpha value is -0.880. The molecule has 1 aliphatic rings. The van der Waals surface area contributed by atoms with Crippen molar-refractivity contribution >= 4 is 52.3 Å². The van der Waals surface area contributed by atoms with Crippen LogP contribution in [-0.4, -0.2) is 42.5 Å². The number of aromatic nitrogens is 1. The number of hydrogen-bond donors (Lipinski definition) is 1. The minimum Gasteiger partial charge on any atom is -0.338 e. The van der Waals surface area contributed by atoms with Gasteiger partial charge in [-0.3, -0.25) is 4.79 Å². The van der Waals surface area contributed by atoms with E-state index in [9.17, 15) is 4.79 Å². The van der Waals surface area contributed by atoms with Crippen molar-refractivity contribution in [2.24, 2.45) is 5.92 Å². The van der Waals surface area contributed by atoms with Crippen molar-refractivity contribution in [3.05, 3.63) is 29.3 Å². The summed E-state index contributed by atoms with van der Waals surface area (Å²) in [5.74, 6) is 0.731. The van der Waals surface area contributed by atoms with Gasteiger partial charge in [-0.1, -0.05) is 0 Å². The van der Waals surface area contributed by atoms with Crippen LogP contribution in [0.15, 0.2) is 23.7 Å². The van der Waals surface area contributed by atoms with Crippen molar-refractivity contribution < 1.29 is 4.79 Å². The number of fused-ring (bicyclic) bond motifs is 1. The first kappa shape index (κ1) is 18.2. The van der Waals surface area contributed by atoms with E-state index in [2.05, 4.69) is 10.3 Å². The Bertz CT molecular complexity index is 605. The van der Waals surface area contributed by atoms with Gasteiger partial charge in [-0.15, -0.1) is 36.2 Å². The van der Waals surface area contributed by atoms with Gasteiger partial charge in [-0.05, 0) is 44.1 Å². The van der Waals surface area contributed by atoms with Gasteiger partial charge in [0.2, 0.25) is 0 Å². The van der Waals surface area contributed by atoms with Crippen LogP contribution in [0.4, 0.5) is 0 Å². The van der Waals surface area contributed by atoms with Gasteiger partial charge in [-0.2, -0.15) is 0 Å². The molecule has 7 heteroatoms. The number of nitrogens with zero attached hydrogens (tertiary/aromatic N) is 2. The lowest BCUT2D eigenvalue weighted by Gasteiger charge is -2.16. The molecular formula is C14H19Cl2N3OS. The average molecular weight is 348 g/mol. The number of thiazole rings is 1. The molecule has 0 spiro atoms. The molecule has 3 rings (SSSR count). The van der Waals surface area contributed by atoms with Gasteiger partial charge in [0.1, 0.15) is 0 Å². The predicted octanol–water partition coefficient (Wildman–Crippen LogP) is 2.82. The number of hydrogen-bond acceptors (Lipinski definition) is 4. The maximum Gasteiger partial charge on any atom is 0.253 e. The second-order valence-corrected chi connectivity index (χ2v) is 5.88. The van der Waals surface area contributed by atoms with Gasteiger partial charge in [0, 0.05) is 18.7 Å². The largest absolute Gasteiger partial charge is 0.338 e. The standard InChI is InChI=1S/C14H17N3OS.2ClH/c1-15-7-10-4-5-17(8-10)14(18)11-2-3-12-13(6-11)19-9-16-12;;/h2-3,6,9-10,15H,4-5,7-8H2,1H3;2*1H. The number of nitrogens with one attached hydrogen (secondary N) is 1. The van der Waals surface area contributed by atoms with Crippen molar-refractivity contribution in [3.8, 4) is 0 Å². The van der Waals surface area contributed by atoms with E-state index in [-0.39, 0.29) is 30.7 Å². The van der Waals surface area contributed by atoms with Gasteiger partial charge in [0.25, 0.3) is 5.91 Å². The van der Waals surface area contributed by atoms with E-state index in [1.165, 1.54) is 0 Å². The van der Waals surface area contributed by atoms with Crippen LogP contribution in [-0.2, 0) is 0 Å². The van der Waals surface area contributed by atoms with Crippen LogP contribution in [0, 0.1) is 5.92 Å². The van der Waals surface area contributed by atoms with Crippen molar-refractivity contribution in [2.75, 3.05) is 26.7 Å². The fourth-order valence-corrected chi connectivity index (χ4v) is 3.36. The highest BCUT2D eigenvalue weighted by Crippen LogP contribution is 2.22. The summed E-state index contributed by atoms with van der Waals surface area (Å²) in [6, 6.07) is 5.77. The summed E-state index contributed by atoms with van der Waals surface area (Å²) in [5.41, 5.74) is 3.57. The first-order valence-electron chi connectivity index (χ1n) is 6.55. The zero-order valence-electron chi connectivity index (χ0n) is 11.7. The number of benzene rings is 1. The monoisotopic (exact) mass is 347 g/mol. The fourth-order valence-electron chi connectivity index (χ4n) is 2.64. The zero-order valence-corrected chi connectivity index (χ0v) is 14.2. The van der Waals surface area contributed by atoms with Crippen molar-refractivity contribution in [2.45, 2.75) is 6.42 Å². The van der Waals surface area contributed by atoms with E-state index in [0.717, 1.165) is 41.8 Å². The number of carbonyl (C=O) groups is 1. The van der Waals surface area contributed by atoms with Gasteiger partial charge in [0.05, 0.1) is 15.7 Å². The van der Waals surface area contributed by atoms with Crippen LogP contribution in [0.3, 0.4) is 0 Å². The van der Waals surface area contributed by atoms with Gasteiger partial charge >= 0.3 is 0 Å². The van der Waals surface area contributed by atoms with Crippen LogP contribution in [0.25, 0.3) is 10.2 Å². The molecule has 1 N–H and O–H groups in total. The molecule has 0 saturated carbocycles. The molecule has 1 aromatic heterocycles. The van der Waals surface area contributed by atoms with E-state index in [1.54, 1.807) is 11.3 Å². The Kier molecular flexibility index (Phi) is 6.87. The number of carbonyl (C=O) groups excluding carboxylic acids is 1. The number of likely N-dealkylation sites (tertiary alicyclic amines) is 1. The maximum atomic E-state index is 12.5. The number of amides is 1. The third kappa shape index (κ3) is 3.86. The lowest BCUT2D eigenvalue weighted by molar-refractivity contribution is 0.0787. The Balaban J connectivity index is 0.00000110. The lowest BCUT2D eigenvalue weighted by atomic mass is 10.1. The van der Waals surface area contributed by atoms with Gasteiger partial charge in [-0.25, -0.2) is 4.98 Å². The van der Waals surface area contributed by atoms with Gasteiger partial charge < -0.3 is 10.2 Å². The molecule has 21 heavy (non-hydrogen) atoms. The smallest absolute Gasteiger partial charge is 0.253 e. The van der Waals surface area contributed by atoms with Crippen molar-refractivity contribution in [1.82, 2.24) is 15.2 Å². The Morgan fingerprint density at radius 3 is 3.05 bits per heavy atom. The molecule has 1 saturated heterocycles. The fraction of sp³-hybridized carbons (Fsp3) is 0.429. The van der Waals surface area contributed by atoms with E-state index < -0.39 is 0 Å². The molecular weight excluding hydrogens is 329 g/mol. The molecule has 0 radical (unpaired) electrons. The highest BCUT2D eigenvalue weighted by atomic mass is 35.5. The topological polar surface area (TPSA) is 45.2 Å². The molecule has 1 amide bonds. The highest BCUT2D eigenvalue weighted by molar-refractivity contribution is 7.16. The summed E-state index contributed by atoms with van der Waals surface area (Å²) in [6.45, 7) is 2.71. The molecule has 1 unspecified atom stereocenters. The normalized spacial score (nSPS) is 17.4. The molecule has 0 aliphatic carbocycles. The minimum absolute atomic E-state index is 0. The maximum absolute atomic E-state index is 12.5. The number of rotatable bonds is 3. The molecule has 0 bridgehead atoms. The summed E-state index contributed by atoms with van der Waals surface area (Å²) >= 11 is 1.58. The average Bonchev–Trinajstić information content (AvgIpc) is 3.05. The predicted molar refractivity (Wildman–Crippen MR) is 92.1 cm³/mol. The first-order chi connectivity index (χ1) is 9.28. The van der Waals surface area contributed by atoms with E-state index in [0.29, 0.717) is 5.92 Å².